The minimum Gasteiger partial charge on any atom is -0.478 e. The molecule has 0 fully saturated rings. The van der Waals surface area contributed by atoms with E-state index in [0.29, 0.717) is 5.57 Å². The van der Waals surface area contributed by atoms with Gasteiger partial charge in [-0.1, -0.05) is 213 Å². The van der Waals surface area contributed by atoms with Gasteiger partial charge >= 0.3 is 5.97 Å². The quantitative estimate of drug-likeness (QED) is 0.0601. The molecule has 0 unspecified atom stereocenters. The fraction of sp³-hybridized carbons (Fsp3) is 0.923. The van der Waals surface area contributed by atoms with Gasteiger partial charge < -0.3 is 5.11 Å². The molecule has 41 heavy (non-hydrogen) atoms. The average Bonchev–Trinajstić information content (AvgIpc) is 2.97. The topological polar surface area (TPSA) is 37.3 Å². The zero-order valence-electron chi connectivity index (χ0n) is 28.5. The molecule has 2 heteroatoms. The number of carboxylic acids is 1. The van der Waals surface area contributed by atoms with E-state index in [-0.39, 0.29) is 0 Å². The first kappa shape index (κ1) is 40.2. The molecule has 0 rings (SSSR count). The second-order valence-electron chi connectivity index (χ2n) is 13.2. The minimum atomic E-state index is -0.692. The molecule has 0 aromatic heterocycles. The molecule has 0 aromatic carbocycles. The lowest BCUT2D eigenvalue weighted by atomic mass is 10.0. The van der Waals surface area contributed by atoms with Gasteiger partial charge in [-0.15, -0.1) is 0 Å². The van der Waals surface area contributed by atoms with Crippen LogP contribution in [-0.2, 0) is 4.79 Å². The van der Waals surface area contributed by atoms with Crippen LogP contribution in [-0.4, -0.2) is 11.1 Å². The van der Waals surface area contributed by atoms with Crippen molar-refractivity contribution in [3.63, 3.8) is 0 Å². The van der Waals surface area contributed by atoms with Gasteiger partial charge in [-0.05, 0) is 25.7 Å². The Labute approximate surface area is 259 Å². The highest BCUT2D eigenvalue weighted by atomic mass is 16.4. The number of rotatable bonds is 35. The van der Waals surface area contributed by atoms with E-state index in [1.807, 2.05) is 6.08 Å². The second kappa shape index (κ2) is 35.4. The molecule has 0 spiro atoms. The van der Waals surface area contributed by atoms with Crippen LogP contribution in [0.15, 0.2) is 11.6 Å². The van der Waals surface area contributed by atoms with E-state index in [4.69, 9.17) is 0 Å². The van der Waals surface area contributed by atoms with Crippen LogP contribution in [0.5, 0.6) is 0 Å². The molecule has 0 atom stereocenters. The van der Waals surface area contributed by atoms with Gasteiger partial charge in [0.2, 0.25) is 0 Å². The first-order chi connectivity index (χ1) is 20.2. The molecule has 0 amide bonds. The Bertz CT molecular complexity index is 538. The molecule has 0 saturated carbocycles. The number of carbonyl (C=O) groups is 1. The van der Waals surface area contributed by atoms with Crippen LogP contribution in [0, 0.1) is 0 Å². The summed E-state index contributed by atoms with van der Waals surface area (Å²) >= 11 is 0. The van der Waals surface area contributed by atoms with Gasteiger partial charge in [-0.25, -0.2) is 4.79 Å². The summed E-state index contributed by atoms with van der Waals surface area (Å²) in [5, 5.41) is 9.57. The van der Waals surface area contributed by atoms with Crippen molar-refractivity contribution in [3.8, 4) is 0 Å². The second-order valence-corrected chi connectivity index (χ2v) is 13.2. The normalized spacial score (nSPS) is 11.9. The van der Waals surface area contributed by atoms with Crippen LogP contribution >= 0.6 is 0 Å². The Kier molecular flexibility index (Phi) is 34.7. The molecule has 244 valence electrons. The predicted octanol–water partition coefficient (Wildman–Crippen LogP) is 14.3. The van der Waals surface area contributed by atoms with Gasteiger partial charge in [0.1, 0.15) is 0 Å². The standard InChI is InChI=1S/C39H76O2/c1-3-5-7-9-11-13-15-17-19-21-23-25-27-29-31-33-35-37-38(39(40)41)36-34-32-30-28-26-24-22-20-18-16-14-12-10-8-6-4-2/h37H,3-36H2,1-2H3,(H,40,41)/b38-37-. The van der Waals surface area contributed by atoms with Crippen molar-refractivity contribution in [3.05, 3.63) is 11.6 Å². The van der Waals surface area contributed by atoms with Crippen molar-refractivity contribution in [1.29, 1.82) is 0 Å². The van der Waals surface area contributed by atoms with Crippen molar-refractivity contribution in [2.75, 3.05) is 0 Å². The third-order valence-electron chi connectivity index (χ3n) is 9.02. The van der Waals surface area contributed by atoms with Crippen LogP contribution in [0.3, 0.4) is 0 Å². The van der Waals surface area contributed by atoms with Crippen LogP contribution in [0.1, 0.15) is 232 Å². The maximum atomic E-state index is 11.6. The Hall–Kier alpha value is -0.790. The zero-order valence-corrected chi connectivity index (χ0v) is 28.5. The lowest BCUT2D eigenvalue weighted by molar-refractivity contribution is -0.132. The monoisotopic (exact) mass is 577 g/mol. The third-order valence-corrected chi connectivity index (χ3v) is 9.02. The van der Waals surface area contributed by atoms with E-state index >= 15 is 0 Å². The minimum absolute atomic E-state index is 0.663. The molecule has 0 aliphatic carbocycles. The number of allylic oxidation sites excluding steroid dienone is 1. The summed E-state index contributed by atoms with van der Waals surface area (Å²) in [5.41, 5.74) is 0.663. The summed E-state index contributed by atoms with van der Waals surface area (Å²) in [5.74, 6) is -0.692. The summed E-state index contributed by atoms with van der Waals surface area (Å²) in [6, 6.07) is 0. The van der Waals surface area contributed by atoms with Gasteiger partial charge in [0.05, 0.1) is 0 Å². The van der Waals surface area contributed by atoms with Crippen molar-refractivity contribution < 1.29 is 9.90 Å². The van der Waals surface area contributed by atoms with Gasteiger partial charge in [-0.3, -0.25) is 0 Å². The molecular weight excluding hydrogens is 500 g/mol. The summed E-state index contributed by atoms with van der Waals surface area (Å²) in [7, 11) is 0. The van der Waals surface area contributed by atoms with E-state index in [1.54, 1.807) is 0 Å². The maximum Gasteiger partial charge on any atom is 0.331 e. The van der Waals surface area contributed by atoms with E-state index in [1.165, 1.54) is 193 Å². The zero-order chi connectivity index (χ0) is 29.9. The highest BCUT2D eigenvalue weighted by Gasteiger charge is 2.06. The lowest BCUT2D eigenvalue weighted by Crippen LogP contribution is -2.00. The van der Waals surface area contributed by atoms with Crippen molar-refractivity contribution >= 4 is 5.97 Å². The molecule has 0 saturated heterocycles. The van der Waals surface area contributed by atoms with E-state index in [2.05, 4.69) is 13.8 Å². The Balaban J connectivity index is 3.44. The molecule has 2 nitrogen and oxygen atoms in total. The molecular formula is C39H76O2. The maximum absolute atomic E-state index is 11.6. The van der Waals surface area contributed by atoms with Gasteiger partial charge in [0.15, 0.2) is 0 Å². The van der Waals surface area contributed by atoms with Crippen LogP contribution in [0.2, 0.25) is 0 Å². The Morgan fingerprint density at radius 2 is 0.634 bits per heavy atom. The van der Waals surface area contributed by atoms with E-state index in [9.17, 15) is 9.90 Å². The van der Waals surface area contributed by atoms with Crippen LogP contribution in [0.4, 0.5) is 0 Å². The summed E-state index contributed by atoms with van der Waals surface area (Å²) in [4.78, 5) is 11.6. The Morgan fingerprint density at radius 1 is 0.390 bits per heavy atom. The largest absolute Gasteiger partial charge is 0.478 e. The Morgan fingerprint density at radius 3 is 0.902 bits per heavy atom. The lowest BCUT2D eigenvalue weighted by Gasteiger charge is -2.05. The highest BCUT2D eigenvalue weighted by molar-refractivity contribution is 5.86. The molecule has 0 aliphatic rings. The number of hydrogen-bond acceptors (Lipinski definition) is 1. The molecule has 0 heterocycles. The number of unbranched alkanes of at least 4 members (excludes halogenated alkanes) is 31. The molecule has 0 aromatic rings. The van der Waals surface area contributed by atoms with E-state index < -0.39 is 5.97 Å². The van der Waals surface area contributed by atoms with Crippen molar-refractivity contribution in [1.82, 2.24) is 0 Å². The summed E-state index contributed by atoms with van der Waals surface area (Å²) in [6.07, 6.45) is 47.6. The van der Waals surface area contributed by atoms with Gasteiger partial charge in [0.25, 0.3) is 0 Å². The van der Waals surface area contributed by atoms with Crippen molar-refractivity contribution in [2.24, 2.45) is 0 Å². The van der Waals surface area contributed by atoms with E-state index in [0.717, 1.165) is 25.7 Å². The number of aliphatic carboxylic acids is 1. The molecule has 1 N–H and O–H groups in total. The first-order valence-corrected chi connectivity index (χ1v) is 19.1. The SMILES string of the molecule is CCCCCCCCCCCCCCCCCC/C=C(/CCCCCCCCCCCCCCCCCC)C(=O)O. The molecule has 0 bridgehead atoms. The predicted molar refractivity (Wildman–Crippen MR) is 184 cm³/mol. The smallest absolute Gasteiger partial charge is 0.331 e. The fourth-order valence-corrected chi connectivity index (χ4v) is 6.13. The van der Waals surface area contributed by atoms with Crippen LogP contribution in [0.25, 0.3) is 0 Å². The molecule has 0 radical (unpaired) electrons. The third kappa shape index (κ3) is 33.6. The van der Waals surface area contributed by atoms with Gasteiger partial charge in [-0.2, -0.15) is 0 Å². The first-order valence-electron chi connectivity index (χ1n) is 19.1. The number of hydrogen-bond donors (Lipinski definition) is 1. The summed E-state index contributed by atoms with van der Waals surface area (Å²) < 4.78 is 0. The van der Waals surface area contributed by atoms with Crippen molar-refractivity contribution in [2.45, 2.75) is 232 Å². The molecule has 0 aliphatic heterocycles. The average molecular weight is 577 g/mol. The van der Waals surface area contributed by atoms with Crippen LogP contribution < -0.4 is 0 Å². The van der Waals surface area contributed by atoms with Gasteiger partial charge in [0, 0.05) is 5.57 Å². The highest BCUT2D eigenvalue weighted by Crippen LogP contribution is 2.17. The fourth-order valence-electron chi connectivity index (χ4n) is 6.13. The summed E-state index contributed by atoms with van der Waals surface area (Å²) in [6.45, 7) is 4.58. The number of carboxylic acid groups (broad SMARTS) is 1.